The van der Waals surface area contributed by atoms with Crippen molar-refractivity contribution in [2.24, 2.45) is 0 Å². The Morgan fingerprint density at radius 2 is 1.85 bits per heavy atom. The maximum absolute atomic E-state index is 13.7. The van der Waals surface area contributed by atoms with Crippen LogP contribution >= 0.6 is 11.8 Å². The van der Waals surface area contributed by atoms with Gasteiger partial charge in [-0.05, 0) is 48.2 Å². The number of benzene rings is 2. The van der Waals surface area contributed by atoms with E-state index in [1.54, 1.807) is 6.07 Å². The normalized spacial score (nSPS) is 15.6. The van der Waals surface area contributed by atoms with Gasteiger partial charge in [0.05, 0.1) is 4.91 Å². The second kappa shape index (κ2) is 7.40. The van der Waals surface area contributed by atoms with Gasteiger partial charge >= 0.3 is 0 Å². The fourth-order valence-electron chi connectivity index (χ4n) is 2.26. The Morgan fingerprint density at radius 1 is 1.15 bits per heavy atom. The number of carbonyl (C=O) groups excluding carboxylic acids is 3. The summed E-state index contributed by atoms with van der Waals surface area (Å²) in [5.74, 6) is -1.68. The third-order valence-electron chi connectivity index (χ3n) is 3.52. The SMILES string of the molecule is O=C(CN1C(=O)S/C(=C/c2ccccc2F)C1=O)Nc1ccc(O)cc1. The van der Waals surface area contributed by atoms with E-state index in [-0.39, 0.29) is 16.2 Å². The topological polar surface area (TPSA) is 86.7 Å². The van der Waals surface area contributed by atoms with Crippen molar-refractivity contribution >= 4 is 40.6 Å². The molecule has 0 unspecified atom stereocenters. The molecule has 2 aromatic carbocycles. The Bertz CT molecular complexity index is 912. The minimum atomic E-state index is -0.649. The van der Waals surface area contributed by atoms with E-state index < -0.39 is 29.4 Å². The van der Waals surface area contributed by atoms with E-state index in [9.17, 15) is 23.9 Å². The van der Waals surface area contributed by atoms with Crippen molar-refractivity contribution in [1.29, 1.82) is 0 Å². The van der Waals surface area contributed by atoms with Gasteiger partial charge in [-0.25, -0.2) is 4.39 Å². The molecule has 0 spiro atoms. The van der Waals surface area contributed by atoms with Gasteiger partial charge in [0.15, 0.2) is 0 Å². The van der Waals surface area contributed by atoms with Gasteiger partial charge in [0, 0.05) is 11.3 Å². The van der Waals surface area contributed by atoms with Crippen LogP contribution in [0.5, 0.6) is 5.75 Å². The third kappa shape index (κ3) is 3.92. The lowest BCUT2D eigenvalue weighted by molar-refractivity contribution is -0.127. The minimum absolute atomic E-state index is 0.0484. The van der Waals surface area contributed by atoms with Crippen LogP contribution in [0, 0.1) is 5.82 Å². The van der Waals surface area contributed by atoms with Crippen molar-refractivity contribution in [2.75, 3.05) is 11.9 Å². The molecule has 3 amide bonds. The molecule has 1 heterocycles. The molecule has 0 aromatic heterocycles. The average Bonchev–Trinajstić information content (AvgIpc) is 2.86. The van der Waals surface area contributed by atoms with Crippen LogP contribution in [-0.2, 0) is 9.59 Å². The van der Waals surface area contributed by atoms with Gasteiger partial charge in [-0.15, -0.1) is 0 Å². The number of phenols is 1. The molecule has 2 N–H and O–H groups in total. The van der Waals surface area contributed by atoms with Crippen molar-refractivity contribution in [2.45, 2.75) is 0 Å². The maximum Gasteiger partial charge on any atom is 0.294 e. The summed E-state index contributed by atoms with van der Waals surface area (Å²) in [6.45, 7) is -0.458. The lowest BCUT2D eigenvalue weighted by Gasteiger charge is -2.12. The largest absolute Gasteiger partial charge is 0.508 e. The minimum Gasteiger partial charge on any atom is -0.508 e. The van der Waals surface area contributed by atoms with Gasteiger partial charge in [-0.1, -0.05) is 18.2 Å². The summed E-state index contributed by atoms with van der Waals surface area (Å²) in [6, 6.07) is 11.6. The molecule has 8 heteroatoms. The molecule has 6 nitrogen and oxygen atoms in total. The predicted octanol–water partition coefficient (Wildman–Crippen LogP) is 3.21. The van der Waals surface area contributed by atoms with Crippen molar-refractivity contribution in [3.05, 3.63) is 64.8 Å². The smallest absolute Gasteiger partial charge is 0.294 e. The van der Waals surface area contributed by atoms with Crippen molar-refractivity contribution < 1.29 is 23.9 Å². The van der Waals surface area contributed by atoms with E-state index in [4.69, 9.17) is 0 Å². The molecular weight excluding hydrogens is 359 g/mol. The van der Waals surface area contributed by atoms with Crippen LogP contribution in [0.25, 0.3) is 6.08 Å². The zero-order valence-electron chi connectivity index (χ0n) is 13.3. The summed E-state index contributed by atoms with van der Waals surface area (Å²) < 4.78 is 13.7. The molecule has 0 atom stereocenters. The fraction of sp³-hybridized carbons (Fsp3) is 0.0556. The summed E-state index contributed by atoms with van der Waals surface area (Å²) in [6.07, 6.45) is 1.29. The number of anilines is 1. The lowest BCUT2D eigenvalue weighted by atomic mass is 10.2. The Kier molecular flexibility index (Phi) is 5.04. The summed E-state index contributed by atoms with van der Waals surface area (Å²) in [4.78, 5) is 37.3. The highest BCUT2D eigenvalue weighted by Crippen LogP contribution is 2.32. The van der Waals surface area contributed by atoms with Crippen LogP contribution in [-0.4, -0.2) is 33.6 Å². The van der Waals surface area contributed by atoms with Crippen LogP contribution in [0.15, 0.2) is 53.4 Å². The Morgan fingerprint density at radius 3 is 2.54 bits per heavy atom. The summed E-state index contributed by atoms with van der Waals surface area (Å²) in [5.41, 5.74) is 0.605. The number of hydrogen-bond acceptors (Lipinski definition) is 5. The van der Waals surface area contributed by atoms with Crippen LogP contribution < -0.4 is 5.32 Å². The van der Waals surface area contributed by atoms with Crippen LogP contribution in [0.3, 0.4) is 0 Å². The van der Waals surface area contributed by atoms with Gasteiger partial charge in [-0.2, -0.15) is 0 Å². The fourth-order valence-corrected chi connectivity index (χ4v) is 3.09. The molecule has 0 radical (unpaired) electrons. The van der Waals surface area contributed by atoms with Crippen LogP contribution in [0.1, 0.15) is 5.56 Å². The van der Waals surface area contributed by atoms with E-state index in [1.807, 2.05) is 0 Å². The maximum atomic E-state index is 13.7. The average molecular weight is 372 g/mol. The number of hydrogen-bond donors (Lipinski definition) is 2. The Balaban J connectivity index is 1.70. The van der Waals surface area contributed by atoms with Gasteiger partial charge in [0.2, 0.25) is 5.91 Å². The first-order valence-corrected chi connectivity index (χ1v) is 8.34. The van der Waals surface area contributed by atoms with Crippen LogP contribution in [0.4, 0.5) is 14.9 Å². The number of phenolic OH excluding ortho intramolecular Hbond substituents is 1. The number of nitrogens with one attached hydrogen (secondary N) is 1. The van der Waals surface area contributed by atoms with Gasteiger partial charge in [0.1, 0.15) is 18.1 Å². The Hall–Kier alpha value is -3.13. The molecule has 1 saturated heterocycles. The highest BCUT2D eigenvalue weighted by molar-refractivity contribution is 8.18. The number of nitrogens with zero attached hydrogens (tertiary/aromatic N) is 1. The summed E-state index contributed by atoms with van der Waals surface area (Å²) in [5, 5.41) is 11.1. The molecular formula is C18H13FN2O4S. The number of carbonyl (C=O) groups is 3. The number of thioether (sulfide) groups is 1. The lowest BCUT2D eigenvalue weighted by Crippen LogP contribution is -2.36. The highest BCUT2D eigenvalue weighted by Gasteiger charge is 2.36. The van der Waals surface area contributed by atoms with Crippen molar-refractivity contribution in [3.8, 4) is 5.75 Å². The first kappa shape index (κ1) is 17.7. The van der Waals surface area contributed by atoms with E-state index in [2.05, 4.69) is 5.32 Å². The number of rotatable bonds is 4. The second-order valence-electron chi connectivity index (χ2n) is 5.38. The van der Waals surface area contributed by atoms with Crippen molar-refractivity contribution in [3.63, 3.8) is 0 Å². The zero-order valence-corrected chi connectivity index (χ0v) is 14.1. The molecule has 0 bridgehead atoms. The second-order valence-corrected chi connectivity index (χ2v) is 6.38. The van der Waals surface area contributed by atoms with E-state index in [0.717, 1.165) is 4.90 Å². The quantitative estimate of drug-likeness (QED) is 0.636. The van der Waals surface area contributed by atoms with Gasteiger partial charge < -0.3 is 10.4 Å². The standard InChI is InChI=1S/C18H13FN2O4S/c19-14-4-2-1-3-11(14)9-15-17(24)21(18(25)26-15)10-16(23)20-12-5-7-13(22)8-6-12/h1-9,22H,10H2,(H,20,23)/b15-9+. The van der Waals surface area contributed by atoms with Gasteiger partial charge in [-0.3, -0.25) is 19.3 Å². The molecule has 2 aromatic rings. The van der Waals surface area contributed by atoms with Crippen molar-refractivity contribution in [1.82, 2.24) is 4.90 Å². The molecule has 26 heavy (non-hydrogen) atoms. The highest BCUT2D eigenvalue weighted by atomic mass is 32.2. The molecule has 1 aliphatic rings. The number of imide groups is 1. The summed E-state index contributed by atoms with van der Waals surface area (Å²) in [7, 11) is 0. The molecule has 1 fully saturated rings. The first-order chi connectivity index (χ1) is 12.4. The molecule has 132 valence electrons. The number of aromatic hydroxyl groups is 1. The first-order valence-electron chi connectivity index (χ1n) is 7.53. The van der Waals surface area contributed by atoms with E-state index in [0.29, 0.717) is 17.4 Å². The molecule has 0 saturated carbocycles. The Labute approximate surface area is 152 Å². The zero-order chi connectivity index (χ0) is 18.7. The molecule has 0 aliphatic carbocycles. The monoisotopic (exact) mass is 372 g/mol. The van der Waals surface area contributed by atoms with Gasteiger partial charge in [0.25, 0.3) is 11.1 Å². The molecule has 1 aliphatic heterocycles. The van der Waals surface area contributed by atoms with E-state index in [1.165, 1.54) is 48.5 Å². The predicted molar refractivity (Wildman–Crippen MR) is 95.8 cm³/mol. The number of amides is 3. The van der Waals surface area contributed by atoms with E-state index >= 15 is 0 Å². The summed E-state index contributed by atoms with van der Waals surface area (Å²) >= 11 is 0.654. The number of halogens is 1. The third-order valence-corrected chi connectivity index (χ3v) is 4.43. The molecule has 3 rings (SSSR count). The van der Waals surface area contributed by atoms with Crippen LogP contribution in [0.2, 0.25) is 0 Å².